The van der Waals surface area contributed by atoms with Crippen molar-refractivity contribution in [2.75, 3.05) is 48.0 Å². The number of methoxy groups -OCH3 is 1. The van der Waals surface area contributed by atoms with Crippen LogP contribution in [0.3, 0.4) is 0 Å². The van der Waals surface area contributed by atoms with Crippen LogP contribution in [-0.2, 0) is 49.5 Å². The number of rotatable bonds is 26. The zero-order valence-electron chi connectivity index (χ0n) is 39.3. The van der Waals surface area contributed by atoms with Gasteiger partial charge in [0.05, 0.1) is 43.9 Å². The summed E-state index contributed by atoms with van der Waals surface area (Å²) in [5.74, 6) is -3.09. The van der Waals surface area contributed by atoms with Crippen LogP contribution in [0.25, 0.3) is 0 Å². The smallest absolute Gasteiger partial charge is 0.305 e. The van der Waals surface area contributed by atoms with Crippen molar-refractivity contribution in [3.8, 4) is 0 Å². The number of carbonyl (C=O) groups is 6. The first kappa shape index (κ1) is 53.1. The van der Waals surface area contributed by atoms with Crippen molar-refractivity contribution in [3.63, 3.8) is 0 Å². The van der Waals surface area contributed by atoms with Crippen LogP contribution in [0.4, 0.5) is 0 Å². The first-order valence-corrected chi connectivity index (χ1v) is 22.3. The quantitative estimate of drug-likeness (QED) is 0.0690. The topological polar surface area (TPSA) is 176 Å². The molecule has 1 saturated heterocycles. The summed E-state index contributed by atoms with van der Waals surface area (Å²) >= 11 is 0. The lowest BCUT2D eigenvalue weighted by molar-refractivity contribution is -0.204. The van der Waals surface area contributed by atoms with E-state index in [1.54, 1.807) is 18.7 Å². The molecule has 1 heterocycles. The lowest BCUT2D eigenvalue weighted by atomic mass is 9.85. The van der Waals surface area contributed by atoms with Crippen molar-refractivity contribution in [2.45, 2.75) is 144 Å². The van der Waals surface area contributed by atoms with Gasteiger partial charge in [0, 0.05) is 39.5 Å². The van der Waals surface area contributed by atoms with Gasteiger partial charge in [-0.15, -0.1) is 0 Å². The minimum Gasteiger partial charge on any atom is -0.466 e. The lowest BCUT2D eigenvalue weighted by Gasteiger charge is -2.40. The molecule has 1 aromatic rings. The van der Waals surface area contributed by atoms with E-state index in [1.807, 2.05) is 97.8 Å². The molecule has 9 atom stereocenters. The summed E-state index contributed by atoms with van der Waals surface area (Å²) in [6.45, 7) is 18.1. The molecule has 0 spiro atoms. The summed E-state index contributed by atoms with van der Waals surface area (Å²) in [5, 5.41) is 10.2. The van der Waals surface area contributed by atoms with Crippen LogP contribution >= 0.6 is 0 Å². The Morgan fingerprint density at radius 3 is 2.05 bits per heavy atom. The molecule has 2 rings (SSSR count). The van der Waals surface area contributed by atoms with Gasteiger partial charge in [-0.25, -0.2) is 5.06 Å². The predicted octanol–water partition coefficient (Wildman–Crippen LogP) is 4.37. The molecule has 15 heteroatoms. The van der Waals surface area contributed by atoms with Crippen LogP contribution in [0.1, 0.15) is 106 Å². The number of hydroxylamine groups is 2. The van der Waals surface area contributed by atoms with Gasteiger partial charge in [0.2, 0.25) is 23.6 Å². The molecule has 346 valence electrons. The van der Waals surface area contributed by atoms with Crippen LogP contribution in [0, 0.1) is 29.6 Å². The fraction of sp³-hybridized carbons (Fsp3) is 0.739. The van der Waals surface area contributed by atoms with E-state index in [-0.39, 0.29) is 91.6 Å². The predicted molar refractivity (Wildman–Crippen MR) is 236 cm³/mol. The SMILES string of the molecule is CCC(=O)OCCCNC(=O)[C@H](Cc1ccccc1)NC(=O)C(C)[C@@H](OC)[C@@H]1CCCN1C(=O)CC(C)[C@H](C(C)CC)N(OC)C(=O)[C@@H](NC(=O)[C@H](C(C)C)N(C)C)C(C)C. The Balaban J connectivity index is 2.27. The summed E-state index contributed by atoms with van der Waals surface area (Å²) in [5.41, 5.74) is 0.871. The molecule has 1 aliphatic heterocycles. The number of amides is 5. The zero-order valence-corrected chi connectivity index (χ0v) is 39.3. The van der Waals surface area contributed by atoms with E-state index in [0.717, 1.165) is 12.0 Å². The second-order valence-corrected chi connectivity index (χ2v) is 17.5. The van der Waals surface area contributed by atoms with Crippen LogP contribution in [-0.4, -0.2) is 135 Å². The molecule has 61 heavy (non-hydrogen) atoms. The minimum absolute atomic E-state index is 0.0181. The Labute approximate surface area is 365 Å². The molecule has 0 aromatic heterocycles. The Morgan fingerprint density at radius 2 is 1.51 bits per heavy atom. The highest BCUT2D eigenvalue weighted by Crippen LogP contribution is 2.31. The molecule has 15 nitrogen and oxygen atoms in total. The fourth-order valence-corrected chi connectivity index (χ4v) is 8.50. The Kier molecular flexibility index (Phi) is 23.0. The number of benzene rings is 1. The van der Waals surface area contributed by atoms with E-state index in [2.05, 4.69) is 16.0 Å². The van der Waals surface area contributed by atoms with E-state index < -0.39 is 42.2 Å². The van der Waals surface area contributed by atoms with E-state index in [0.29, 0.717) is 25.8 Å². The van der Waals surface area contributed by atoms with Gasteiger partial charge in [-0.2, -0.15) is 0 Å². The average Bonchev–Trinajstić information content (AvgIpc) is 3.70. The Bertz CT molecular complexity index is 1530. The molecule has 0 aliphatic carbocycles. The number of nitrogens with one attached hydrogen (secondary N) is 3. The number of likely N-dealkylation sites (N-methyl/N-ethyl adjacent to an activating group) is 1. The van der Waals surface area contributed by atoms with Crippen molar-refractivity contribution < 1.29 is 43.1 Å². The van der Waals surface area contributed by atoms with E-state index >= 15 is 0 Å². The van der Waals surface area contributed by atoms with Crippen molar-refractivity contribution >= 4 is 35.5 Å². The molecular formula is C46H78N6O9. The summed E-state index contributed by atoms with van der Waals surface area (Å²) in [4.78, 5) is 90.6. The third-order valence-corrected chi connectivity index (χ3v) is 11.9. The van der Waals surface area contributed by atoms with Gasteiger partial charge in [-0.05, 0) is 62.6 Å². The second-order valence-electron chi connectivity index (χ2n) is 17.5. The van der Waals surface area contributed by atoms with Gasteiger partial charge in [-0.3, -0.25) is 38.5 Å². The Morgan fingerprint density at radius 1 is 0.852 bits per heavy atom. The number of nitrogens with zero attached hydrogens (tertiary/aromatic N) is 3. The Hall–Kier alpha value is -4.08. The van der Waals surface area contributed by atoms with Crippen molar-refractivity contribution in [2.24, 2.45) is 29.6 Å². The molecule has 1 fully saturated rings. The monoisotopic (exact) mass is 859 g/mol. The molecule has 1 aromatic carbocycles. The maximum atomic E-state index is 14.4. The van der Waals surface area contributed by atoms with Gasteiger partial charge in [-0.1, -0.05) is 99.1 Å². The highest BCUT2D eigenvalue weighted by molar-refractivity contribution is 5.90. The van der Waals surface area contributed by atoms with Gasteiger partial charge in [0.25, 0.3) is 5.91 Å². The standard InChI is InChI=1S/C46H78N6O9/c1-14-31(7)41(52(60-13)46(58)39(29(3)4)49-45(57)40(30(5)6)50(10)11)32(8)27-37(53)51-25-19-23-36(51)42(59-12)33(9)43(55)48-35(28-34-21-17-16-18-22-34)44(56)47-24-20-26-61-38(54)15-2/h16-18,21-22,29-33,35-36,39-42H,14-15,19-20,23-28H2,1-13H3,(H,47,56)(H,48,55)(H,49,57)/t31?,32?,33?,35-,36-,39-,40-,41-,42+/m0/s1. The van der Waals surface area contributed by atoms with Crippen LogP contribution in [0.2, 0.25) is 0 Å². The maximum Gasteiger partial charge on any atom is 0.305 e. The average molecular weight is 859 g/mol. The minimum atomic E-state index is -0.882. The van der Waals surface area contributed by atoms with Crippen LogP contribution in [0.15, 0.2) is 30.3 Å². The highest BCUT2D eigenvalue weighted by Gasteiger charge is 2.43. The highest BCUT2D eigenvalue weighted by atomic mass is 16.7. The number of likely N-dealkylation sites (tertiary alicyclic amines) is 1. The molecule has 1 aliphatic rings. The van der Waals surface area contributed by atoms with Crippen molar-refractivity contribution in [1.29, 1.82) is 0 Å². The van der Waals surface area contributed by atoms with Gasteiger partial charge >= 0.3 is 5.97 Å². The number of hydrogen-bond donors (Lipinski definition) is 3. The third-order valence-electron chi connectivity index (χ3n) is 11.9. The number of hydrogen-bond acceptors (Lipinski definition) is 10. The van der Waals surface area contributed by atoms with E-state index in [1.165, 1.54) is 19.3 Å². The molecule has 3 unspecified atom stereocenters. The van der Waals surface area contributed by atoms with Gasteiger partial charge in [0.1, 0.15) is 12.1 Å². The lowest BCUT2D eigenvalue weighted by Crippen LogP contribution is -2.59. The summed E-state index contributed by atoms with van der Waals surface area (Å²) in [6.07, 6.45) is 2.49. The first-order chi connectivity index (χ1) is 28.8. The summed E-state index contributed by atoms with van der Waals surface area (Å²) in [7, 11) is 6.67. The number of esters is 1. The number of carbonyl (C=O) groups excluding carboxylic acids is 6. The van der Waals surface area contributed by atoms with Crippen molar-refractivity contribution in [1.82, 2.24) is 30.8 Å². The van der Waals surface area contributed by atoms with E-state index in [4.69, 9.17) is 14.3 Å². The van der Waals surface area contributed by atoms with Gasteiger partial charge in [0.15, 0.2) is 0 Å². The van der Waals surface area contributed by atoms with Crippen molar-refractivity contribution in [3.05, 3.63) is 35.9 Å². The van der Waals surface area contributed by atoms with Crippen LogP contribution in [0.5, 0.6) is 0 Å². The second kappa shape index (κ2) is 26.4. The largest absolute Gasteiger partial charge is 0.466 e. The normalized spacial score (nSPS) is 18.1. The molecule has 3 N–H and O–H groups in total. The van der Waals surface area contributed by atoms with E-state index in [9.17, 15) is 28.8 Å². The molecule has 0 saturated carbocycles. The fourth-order valence-electron chi connectivity index (χ4n) is 8.50. The molecule has 5 amide bonds. The molecule has 0 bridgehead atoms. The van der Waals surface area contributed by atoms with Gasteiger partial charge < -0.3 is 30.3 Å². The summed E-state index contributed by atoms with van der Waals surface area (Å²) in [6, 6.07) is 6.37. The summed E-state index contributed by atoms with van der Waals surface area (Å²) < 4.78 is 11.1. The zero-order chi connectivity index (χ0) is 46.0. The third kappa shape index (κ3) is 15.7. The molecular weight excluding hydrogens is 781 g/mol. The van der Waals surface area contributed by atoms with Crippen LogP contribution < -0.4 is 16.0 Å². The number of ether oxygens (including phenoxy) is 2. The first-order valence-electron chi connectivity index (χ1n) is 22.3. The molecule has 0 radical (unpaired) electrons. The maximum absolute atomic E-state index is 14.4.